The molecule has 0 aliphatic rings. The first-order valence-corrected chi connectivity index (χ1v) is 6.09. The summed E-state index contributed by atoms with van der Waals surface area (Å²) >= 11 is 0. The first-order valence-electron chi connectivity index (χ1n) is 6.09. The Morgan fingerprint density at radius 1 is 1.11 bits per heavy atom. The maximum Gasteiger partial charge on any atom is 0.168 e. The van der Waals surface area contributed by atoms with Gasteiger partial charge >= 0.3 is 0 Å². The van der Waals surface area contributed by atoms with E-state index in [0.29, 0.717) is 5.75 Å². The molecule has 0 saturated heterocycles. The molecule has 0 bridgehead atoms. The minimum absolute atomic E-state index is 0.0165. The summed E-state index contributed by atoms with van der Waals surface area (Å²) in [6.07, 6.45) is 0.742. The Bertz CT molecular complexity index is 572. The Morgan fingerprint density at radius 2 is 1.84 bits per heavy atom. The summed E-state index contributed by atoms with van der Waals surface area (Å²) in [5.41, 5.74) is 6.78. The molecule has 0 fully saturated rings. The minimum atomic E-state index is -0.736. The summed E-state index contributed by atoms with van der Waals surface area (Å²) < 4.78 is 31.9. The van der Waals surface area contributed by atoms with E-state index in [2.05, 4.69) is 0 Å². The second kappa shape index (κ2) is 5.80. The van der Waals surface area contributed by atoms with Crippen LogP contribution in [0.2, 0.25) is 0 Å². The Balaban J connectivity index is 2.33. The van der Waals surface area contributed by atoms with E-state index in [-0.39, 0.29) is 11.8 Å². The lowest BCUT2D eigenvalue weighted by Crippen LogP contribution is -2.09. The van der Waals surface area contributed by atoms with Crippen molar-refractivity contribution in [3.63, 3.8) is 0 Å². The predicted octanol–water partition coefficient (Wildman–Crippen LogP) is 4.17. The molecule has 0 heterocycles. The van der Waals surface area contributed by atoms with Gasteiger partial charge in [-0.25, -0.2) is 8.78 Å². The van der Waals surface area contributed by atoms with E-state index >= 15 is 0 Å². The van der Waals surface area contributed by atoms with Gasteiger partial charge in [-0.15, -0.1) is 0 Å². The van der Waals surface area contributed by atoms with E-state index in [1.807, 2.05) is 19.1 Å². The topological polar surface area (TPSA) is 35.2 Å². The highest BCUT2D eigenvalue weighted by Crippen LogP contribution is 2.31. The number of hydrogen-bond donors (Lipinski definition) is 1. The van der Waals surface area contributed by atoms with Crippen LogP contribution in [0, 0.1) is 11.6 Å². The molecule has 0 aliphatic heterocycles. The van der Waals surface area contributed by atoms with Gasteiger partial charge in [0.15, 0.2) is 11.6 Å². The summed E-state index contributed by atoms with van der Waals surface area (Å²) in [6.45, 7) is 1.96. The molecule has 0 aromatic heterocycles. The number of rotatable bonds is 4. The molecule has 1 atom stereocenters. The fourth-order valence-corrected chi connectivity index (χ4v) is 1.78. The fraction of sp³-hybridized carbons (Fsp3) is 0.200. The van der Waals surface area contributed by atoms with E-state index in [1.54, 1.807) is 12.1 Å². The van der Waals surface area contributed by atoms with Crippen molar-refractivity contribution in [2.45, 2.75) is 19.4 Å². The first-order chi connectivity index (χ1) is 9.11. The predicted molar refractivity (Wildman–Crippen MR) is 70.1 cm³/mol. The quantitative estimate of drug-likeness (QED) is 0.898. The van der Waals surface area contributed by atoms with Gasteiger partial charge in [0.05, 0.1) is 0 Å². The molecule has 0 aliphatic carbocycles. The fourth-order valence-electron chi connectivity index (χ4n) is 1.78. The molecule has 0 unspecified atom stereocenters. The maximum atomic E-state index is 13.6. The van der Waals surface area contributed by atoms with E-state index in [4.69, 9.17) is 10.5 Å². The molecule has 0 radical (unpaired) electrons. The van der Waals surface area contributed by atoms with Gasteiger partial charge in [0.25, 0.3) is 0 Å². The van der Waals surface area contributed by atoms with Gasteiger partial charge in [0.1, 0.15) is 11.6 Å². The highest BCUT2D eigenvalue weighted by atomic mass is 19.1. The number of nitrogens with two attached hydrogens (primary N) is 1. The molecular weight excluding hydrogens is 248 g/mol. The summed E-state index contributed by atoms with van der Waals surface area (Å²) in [5.74, 6) is -0.900. The van der Waals surface area contributed by atoms with E-state index in [0.717, 1.165) is 24.1 Å². The highest BCUT2D eigenvalue weighted by molar-refractivity contribution is 5.40. The normalized spacial score (nSPS) is 12.2. The first kappa shape index (κ1) is 13.5. The molecular formula is C15H15F2NO. The van der Waals surface area contributed by atoms with Crippen molar-refractivity contribution in [1.82, 2.24) is 0 Å². The molecule has 19 heavy (non-hydrogen) atoms. The Morgan fingerprint density at radius 3 is 2.53 bits per heavy atom. The molecule has 2 rings (SSSR count). The zero-order valence-electron chi connectivity index (χ0n) is 10.6. The largest absolute Gasteiger partial charge is 0.454 e. The third kappa shape index (κ3) is 3.09. The van der Waals surface area contributed by atoms with Crippen LogP contribution in [0.25, 0.3) is 0 Å². The molecule has 0 spiro atoms. The zero-order valence-corrected chi connectivity index (χ0v) is 10.6. The molecule has 4 heteroatoms. The monoisotopic (exact) mass is 263 g/mol. The van der Waals surface area contributed by atoms with Crippen LogP contribution in [0.15, 0.2) is 42.5 Å². The van der Waals surface area contributed by atoms with Crippen LogP contribution in [0.1, 0.15) is 24.9 Å². The lowest BCUT2D eigenvalue weighted by Gasteiger charge is -2.15. The number of ether oxygens (including phenoxy) is 1. The summed E-state index contributed by atoms with van der Waals surface area (Å²) in [6, 6.07) is 10.2. The second-order valence-electron chi connectivity index (χ2n) is 4.23. The van der Waals surface area contributed by atoms with Crippen molar-refractivity contribution < 1.29 is 13.5 Å². The van der Waals surface area contributed by atoms with Gasteiger partial charge in [-0.3, -0.25) is 0 Å². The van der Waals surface area contributed by atoms with Crippen LogP contribution >= 0.6 is 0 Å². The number of halogens is 2. The van der Waals surface area contributed by atoms with Gasteiger partial charge in [0.2, 0.25) is 0 Å². The second-order valence-corrected chi connectivity index (χ2v) is 4.23. The highest BCUT2D eigenvalue weighted by Gasteiger charge is 2.12. The van der Waals surface area contributed by atoms with Gasteiger partial charge in [-0.1, -0.05) is 25.1 Å². The SMILES string of the molecule is CC[C@@H](N)c1ccccc1Oc1ccc(F)cc1F. The summed E-state index contributed by atoms with van der Waals surface area (Å²) in [4.78, 5) is 0. The van der Waals surface area contributed by atoms with Crippen molar-refractivity contribution in [2.75, 3.05) is 0 Å². The number of hydrogen-bond acceptors (Lipinski definition) is 2. The maximum absolute atomic E-state index is 13.6. The van der Waals surface area contributed by atoms with Crippen molar-refractivity contribution in [2.24, 2.45) is 5.73 Å². The Hall–Kier alpha value is -1.94. The van der Waals surface area contributed by atoms with Crippen molar-refractivity contribution in [1.29, 1.82) is 0 Å². The van der Waals surface area contributed by atoms with Crippen molar-refractivity contribution >= 4 is 0 Å². The zero-order chi connectivity index (χ0) is 13.8. The Kier molecular flexibility index (Phi) is 4.12. The molecule has 0 saturated carbocycles. The van der Waals surface area contributed by atoms with Crippen molar-refractivity contribution in [3.8, 4) is 11.5 Å². The van der Waals surface area contributed by atoms with Crippen LogP contribution in [-0.4, -0.2) is 0 Å². The van der Waals surface area contributed by atoms with Crippen LogP contribution in [-0.2, 0) is 0 Å². The number of benzene rings is 2. The van der Waals surface area contributed by atoms with Crippen LogP contribution in [0.5, 0.6) is 11.5 Å². The van der Waals surface area contributed by atoms with Crippen LogP contribution < -0.4 is 10.5 Å². The van der Waals surface area contributed by atoms with Crippen LogP contribution in [0.3, 0.4) is 0 Å². The molecule has 2 aromatic carbocycles. The van der Waals surface area contributed by atoms with Crippen molar-refractivity contribution in [3.05, 3.63) is 59.7 Å². The van der Waals surface area contributed by atoms with Gasteiger partial charge in [-0.05, 0) is 24.6 Å². The Labute approximate surface area is 110 Å². The van der Waals surface area contributed by atoms with E-state index in [9.17, 15) is 8.78 Å². The van der Waals surface area contributed by atoms with E-state index < -0.39 is 11.6 Å². The van der Waals surface area contributed by atoms with Gasteiger partial charge in [-0.2, -0.15) is 0 Å². The molecule has 0 amide bonds. The van der Waals surface area contributed by atoms with Gasteiger partial charge < -0.3 is 10.5 Å². The van der Waals surface area contributed by atoms with Crippen LogP contribution in [0.4, 0.5) is 8.78 Å². The third-order valence-corrected chi connectivity index (χ3v) is 2.87. The molecule has 2 N–H and O–H groups in total. The van der Waals surface area contributed by atoms with Gasteiger partial charge in [0, 0.05) is 17.7 Å². The molecule has 2 aromatic rings. The third-order valence-electron chi connectivity index (χ3n) is 2.87. The average Bonchev–Trinajstić information content (AvgIpc) is 2.41. The molecule has 100 valence electrons. The summed E-state index contributed by atoms with van der Waals surface area (Å²) in [5, 5.41) is 0. The van der Waals surface area contributed by atoms with E-state index in [1.165, 1.54) is 6.07 Å². The average molecular weight is 263 g/mol. The smallest absolute Gasteiger partial charge is 0.168 e. The summed E-state index contributed by atoms with van der Waals surface area (Å²) in [7, 11) is 0. The lowest BCUT2D eigenvalue weighted by atomic mass is 10.0. The minimum Gasteiger partial charge on any atom is -0.454 e. The lowest BCUT2D eigenvalue weighted by molar-refractivity contribution is 0.429. The number of para-hydroxylation sites is 1. The standard InChI is InChI=1S/C15H15F2NO/c1-2-13(18)11-5-3-4-6-14(11)19-15-8-7-10(16)9-12(15)17/h3-9,13H,2,18H2,1H3/t13-/m1/s1. The molecule has 2 nitrogen and oxygen atoms in total.